The molecule has 0 amide bonds. The number of benzene rings is 11. The van der Waals surface area contributed by atoms with E-state index in [1.165, 1.54) is 60.0 Å². The molecule has 12 rings (SSSR count). The van der Waals surface area contributed by atoms with Crippen LogP contribution >= 0.6 is 0 Å². The van der Waals surface area contributed by atoms with Crippen LogP contribution in [0, 0.1) is 0 Å². The molecule has 1 aromatic heterocycles. The van der Waals surface area contributed by atoms with Crippen LogP contribution in [0.2, 0.25) is 0 Å². The Hall–Kier alpha value is -8.46. The lowest BCUT2D eigenvalue weighted by Crippen LogP contribution is -2.13. The lowest BCUT2D eigenvalue weighted by molar-refractivity contribution is 1.19. The van der Waals surface area contributed by atoms with Crippen molar-refractivity contribution >= 4 is 60.4 Å². The Morgan fingerprint density at radius 3 is 1.64 bits per heavy atom. The second-order valence-corrected chi connectivity index (χ2v) is 16.4. The third kappa shape index (κ3) is 6.35. The van der Waals surface area contributed by atoms with Crippen molar-refractivity contribution in [2.75, 3.05) is 4.90 Å². The van der Waals surface area contributed by atoms with Crippen LogP contribution in [-0.4, -0.2) is 4.57 Å². The topological polar surface area (TPSA) is 8.17 Å². The van der Waals surface area contributed by atoms with Crippen molar-refractivity contribution in [1.82, 2.24) is 4.57 Å². The Bertz CT molecular complexity index is 3650. The van der Waals surface area contributed by atoms with E-state index in [0.29, 0.717) is 0 Å². The molecule has 0 atom stereocenters. The third-order valence-electron chi connectivity index (χ3n) is 12.8. The molecule has 11 aromatic carbocycles. The second-order valence-electron chi connectivity index (χ2n) is 16.4. The van der Waals surface area contributed by atoms with Crippen molar-refractivity contribution in [2.45, 2.75) is 0 Å². The van der Waals surface area contributed by atoms with Crippen molar-refractivity contribution in [3.05, 3.63) is 255 Å². The maximum absolute atomic E-state index is 2.48. The zero-order valence-corrected chi connectivity index (χ0v) is 35.1. The maximum atomic E-state index is 2.48. The highest BCUT2D eigenvalue weighted by molar-refractivity contribution is 6.18. The number of nitrogens with zero attached hydrogens (tertiary/aromatic N) is 2. The van der Waals surface area contributed by atoms with Gasteiger partial charge < -0.3 is 9.47 Å². The van der Waals surface area contributed by atoms with Gasteiger partial charge in [-0.3, -0.25) is 0 Å². The molecule has 300 valence electrons. The van der Waals surface area contributed by atoms with Gasteiger partial charge in [0, 0.05) is 38.7 Å². The first kappa shape index (κ1) is 37.3. The normalized spacial score (nSPS) is 11.4. The summed E-state index contributed by atoms with van der Waals surface area (Å²) in [5.74, 6) is 0. The lowest BCUT2D eigenvalue weighted by atomic mass is 9.91. The van der Waals surface area contributed by atoms with Gasteiger partial charge in [0.05, 0.1) is 22.4 Å². The number of para-hydroxylation sites is 2. The number of aromatic nitrogens is 1. The van der Waals surface area contributed by atoms with Crippen molar-refractivity contribution in [3.63, 3.8) is 0 Å². The minimum atomic E-state index is 1.08. The third-order valence-corrected chi connectivity index (χ3v) is 12.8. The van der Waals surface area contributed by atoms with Crippen molar-refractivity contribution in [1.29, 1.82) is 0 Å². The fourth-order valence-electron chi connectivity index (χ4n) is 9.89. The molecule has 0 fully saturated rings. The Morgan fingerprint density at radius 1 is 0.297 bits per heavy atom. The van der Waals surface area contributed by atoms with Crippen LogP contribution in [0.25, 0.3) is 93.5 Å². The highest BCUT2D eigenvalue weighted by atomic mass is 15.1. The summed E-state index contributed by atoms with van der Waals surface area (Å²) in [5.41, 5.74) is 16.1. The van der Waals surface area contributed by atoms with E-state index in [0.717, 1.165) is 50.6 Å². The van der Waals surface area contributed by atoms with Gasteiger partial charge in [-0.2, -0.15) is 0 Å². The largest absolute Gasteiger partial charge is 0.309 e. The molecule has 0 saturated heterocycles. The summed E-state index contributed by atoms with van der Waals surface area (Å²) >= 11 is 0. The van der Waals surface area contributed by atoms with E-state index in [4.69, 9.17) is 0 Å². The number of hydrogen-bond acceptors (Lipinski definition) is 1. The summed E-state index contributed by atoms with van der Waals surface area (Å²) in [5, 5.41) is 7.46. The second kappa shape index (κ2) is 15.8. The van der Waals surface area contributed by atoms with Gasteiger partial charge in [-0.25, -0.2) is 0 Å². The van der Waals surface area contributed by atoms with Gasteiger partial charge in [-0.15, -0.1) is 0 Å². The summed E-state index contributed by atoms with van der Waals surface area (Å²) in [6.45, 7) is 0. The minimum absolute atomic E-state index is 1.08. The monoisotopic (exact) mass is 814 g/mol. The van der Waals surface area contributed by atoms with Crippen LogP contribution in [0.4, 0.5) is 17.1 Å². The molecule has 12 aromatic rings. The SMILES string of the molecule is c1ccc(-c2ccccc2N(c2cccc(-c3cccc4ccccc34)c2)c2cccc(-c3ccccc3)c2-c2ccc(-n3c4ccccc4c4ccc5ccccc5c43)cc2)cc1. The number of rotatable bonds is 8. The fourth-order valence-corrected chi connectivity index (χ4v) is 9.89. The first-order valence-corrected chi connectivity index (χ1v) is 22.0. The van der Waals surface area contributed by atoms with Crippen LogP contribution in [0.1, 0.15) is 0 Å². The summed E-state index contributed by atoms with van der Waals surface area (Å²) in [4.78, 5) is 2.48. The van der Waals surface area contributed by atoms with Crippen LogP contribution in [0.5, 0.6) is 0 Å². The fraction of sp³-hybridized carbons (Fsp3) is 0. The van der Waals surface area contributed by atoms with Gasteiger partial charge >= 0.3 is 0 Å². The van der Waals surface area contributed by atoms with Gasteiger partial charge in [0.15, 0.2) is 0 Å². The van der Waals surface area contributed by atoms with E-state index in [-0.39, 0.29) is 0 Å². The maximum Gasteiger partial charge on any atom is 0.0619 e. The van der Waals surface area contributed by atoms with E-state index in [9.17, 15) is 0 Å². The molecule has 0 spiro atoms. The Morgan fingerprint density at radius 2 is 0.844 bits per heavy atom. The molecule has 0 N–H and O–H groups in total. The molecule has 2 heteroatoms. The van der Waals surface area contributed by atoms with Crippen LogP contribution < -0.4 is 4.90 Å². The van der Waals surface area contributed by atoms with Crippen molar-refractivity contribution in [2.24, 2.45) is 0 Å². The predicted octanol–water partition coefficient (Wildman–Crippen LogP) is 17.2. The zero-order chi connectivity index (χ0) is 42.4. The van der Waals surface area contributed by atoms with Gasteiger partial charge in [-0.05, 0) is 92.0 Å². The van der Waals surface area contributed by atoms with E-state index in [1.807, 2.05) is 0 Å². The standard InChI is InChI=1S/C62H42N2/c1-3-18-44(19-4-1)53-28-11-13-33-58(53)63(50-26-15-25-48(42-50)52-31-16-24-43-22-7-9-27-51(43)52)60-35-17-32-54(45-20-5-2-6-21-45)61(60)47-36-39-49(40-37-47)64-59-34-14-12-30-56(59)57-41-38-46-23-8-10-29-55(46)62(57)64/h1-42H. The molecule has 0 saturated carbocycles. The average molecular weight is 815 g/mol. The van der Waals surface area contributed by atoms with Crippen molar-refractivity contribution in [3.8, 4) is 50.2 Å². The Kier molecular flexibility index (Phi) is 9.20. The molecule has 1 heterocycles. The highest BCUT2D eigenvalue weighted by Gasteiger charge is 2.24. The minimum Gasteiger partial charge on any atom is -0.309 e. The lowest BCUT2D eigenvalue weighted by Gasteiger charge is -2.31. The molecule has 0 bridgehead atoms. The molecule has 0 aliphatic carbocycles. The Labute approximate surface area is 373 Å². The van der Waals surface area contributed by atoms with E-state index in [1.54, 1.807) is 0 Å². The van der Waals surface area contributed by atoms with E-state index in [2.05, 4.69) is 264 Å². The molecule has 0 radical (unpaired) electrons. The number of hydrogen-bond donors (Lipinski definition) is 0. The molecule has 0 aliphatic heterocycles. The predicted molar refractivity (Wildman–Crippen MR) is 272 cm³/mol. The summed E-state index contributed by atoms with van der Waals surface area (Å²) in [6, 6.07) is 92.8. The number of anilines is 3. The van der Waals surface area contributed by atoms with Crippen molar-refractivity contribution < 1.29 is 0 Å². The zero-order valence-electron chi connectivity index (χ0n) is 35.1. The summed E-state index contributed by atoms with van der Waals surface area (Å²) in [7, 11) is 0. The molecular formula is C62H42N2. The van der Waals surface area contributed by atoms with Gasteiger partial charge in [0.1, 0.15) is 0 Å². The Balaban J connectivity index is 1.11. The molecule has 0 aliphatic rings. The summed E-state index contributed by atoms with van der Waals surface area (Å²) < 4.78 is 2.45. The van der Waals surface area contributed by atoms with Crippen LogP contribution in [-0.2, 0) is 0 Å². The first-order chi connectivity index (χ1) is 31.8. The van der Waals surface area contributed by atoms with E-state index < -0.39 is 0 Å². The number of fused-ring (bicyclic) bond motifs is 6. The molecular weight excluding hydrogens is 773 g/mol. The molecule has 2 nitrogen and oxygen atoms in total. The van der Waals surface area contributed by atoms with Gasteiger partial charge in [0.2, 0.25) is 0 Å². The average Bonchev–Trinajstić information content (AvgIpc) is 3.72. The van der Waals surface area contributed by atoms with Gasteiger partial charge in [0.25, 0.3) is 0 Å². The highest BCUT2D eigenvalue weighted by Crippen LogP contribution is 2.49. The van der Waals surface area contributed by atoms with Crippen LogP contribution in [0.15, 0.2) is 255 Å². The van der Waals surface area contributed by atoms with Crippen LogP contribution in [0.3, 0.4) is 0 Å². The molecule has 64 heavy (non-hydrogen) atoms. The van der Waals surface area contributed by atoms with E-state index >= 15 is 0 Å². The summed E-state index contributed by atoms with van der Waals surface area (Å²) in [6.07, 6.45) is 0. The smallest absolute Gasteiger partial charge is 0.0619 e. The first-order valence-electron chi connectivity index (χ1n) is 22.0. The quantitative estimate of drug-likeness (QED) is 0.148. The van der Waals surface area contributed by atoms with Gasteiger partial charge in [-0.1, -0.05) is 212 Å². The molecule has 0 unspecified atom stereocenters.